The Morgan fingerprint density at radius 3 is 2.32 bits per heavy atom. The Bertz CT molecular complexity index is 749. The lowest BCUT2D eigenvalue weighted by atomic mass is 10.2. The summed E-state index contributed by atoms with van der Waals surface area (Å²) in [6.07, 6.45) is 1.09. The highest BCUT2D eigenvalue weighted by Crippen LogP contribution is 2.14. The maximum absolute atomic E-state index is 11.7. The number of hydrazone groups is 1. The van der Waals surface area contributed by atoms with Crippen molar-refractivity contribution in [1.82, 2.24) is 5.43 Å². The standard InChI is InChI=1S/C12H8N4O6/c17-12(8-1-3-9(4-2-8)15(18)19)14-13-7-10-5-6-11(22-10)16(20)21/h1-7H,(H,14,17). The van der Waals surface area contributed by atoms with Crippen LogP contribution in [-0.2, 0) is 0 Å². The minimum absolute atomic E-state index is 0.0932. The molecule has 2 rings (SSSR count). The second-order valence-corrected chi connectivity index (χ2v) is 3.94. The number of carbonyl (C=O) groups excluding carboxylic acids is 1. The van der Waals surface area contributed by atoms with Crippen LogP contribution in [0.3, 0.4) is 0 Å². The molecule has 0 aliphatic heterocycles. The first-order valence-electron chi connectivity index (χ1n) is 5.79. The second-order valence-electron chi connectivity index (χ2n) is 3.94. The van der Waals surface area contributed by atoms with E-state index >= 15 is 0 Å². The first kappa shape index (κ1) is 14.8. The van der Waals surface area contributed by atoms with Crippen LogP contribution in [-0.4, -0.2) is 22.0 Å². The molecule has 0 aliphatic rings. The molecule has 1 aromatic carbocycles. The van der Waals surface area contributed by atoms with Crippen LogP contribution in [0.1, 0.15) is 16.1 Å². The molecule has 112 valence electrons. The van der Waals surface area contributed by atoms with Gasteiger partial charge in [0.1, 0.15) is 4.92 Å². The highest BCUT2D eigenvalue weighted by molar-refractivity contribution is 5.94. The quantitative estimate of drug-likeness (QED) is 0.507. The van der Waals surface area contributed by atoms with Gasteiger partial charge in [0.05, 0.1) is 17.2 Å². The number of hydrogen-bond acceptors (Lipinski definition) is 7. The van der Waals surface area contributed by atoms with Crippen molar-refractivity contribution in [2.45, 2.75) is 0 Å². The zero-order valence-corrected chi connectivity index (χ0v) is 10.8. The number of hydrogen-bond donors (Lipinski definition) is 1. The fourth-order valence-corrected chi connectivity index (χ4v) is 1.46. The lowest BCUT2D eigenvalue weighted by Gasteiger charge is -1.98. The molecule has 2 aromatic rings. The number of nitrogens with zero attached hydrogens (tertiary/aromatic N) is 3. The third-order valence-electron chi connectivity index (χ3n) is 2.49. The van der Waals surface area contributed by atoms with Gasteiger partial charge in [0.2, 0.25) is 0 Å². The van der Waals surface area contributed by atoms with Crippen molar-refractivity contribution < 1.29 is 19.1 Å². The minimum Gasteiger partial charge on any atom is -0.400 e. The average molecular weight is 304 g/mol. The molecular formula is C12H8N4O6. The van der Waals surface area contributed by atoms with Gasteiger partial charge in [-0.05, 0) is 18.2 Å². The molecule has 1 aromatic heterocycles. The number of nitro benzene ring substituents is 1. The van der Waals surface area contributed by atoms with Gasteiger partial charge in [0.15, 0.2) is 5.76 Å². The van der Waals surface area contributed by atoms with Gasteiger partial charge in [0, 0.05) is 17.7 Å². The van der Waals surface area contributed by atoms with Gasteiger partial charge >= 0.3 is 5.88 Å². The summed E-state index contributed by atoms with van der Waals surface area (Å²) in [6.45, 7) is 0. The summed E-state index contributed by atoms with van der Waals surface area (Å²) in [6, 6.07) is 7.41. The number of non-ortho nitro benzene ring substituents is 1. The molecule has 0 bridgehead atoms. The molecule has 0 aliphatic carbocycles. The topological polar surface area (TPSA) is 141 Å². The van der Waals surface area contributed by atoms with E-state index < -0.39 is 21.6 Å². The Labute approximate surface area is 122 Å². The van der Waals surface area contributed by atoms with Gasteiger partial charge in [-0.1, -0.05) is 0 Å². The normalized spacial score (nSPS) is 10.5. The van der Waals surface area contributed by atoms with Crippen molar-refractivity contribution in [3.8, 4) is 0 Å². The average Bonchev–Trinajstić information content (AvgIpc) is 2.96. The van der Waals surface area contributed by atoms with Gasteiger partial charge < -0.3 is 4.42 Å². The zero-order chi connectivity index (χ0) is 16.1. The van der Waals surface area contributed by atoms with E-state index in [-0.39, 0.29) is 17.0 Å². The summed E-state index contributed by atoms with van der Waals surface area (Å²) in [5, 5.41) is 24.5. The molecule has 0 fully saturated rings. The Morgan fingerprint density at radius 1 is 1.09 bits per heavy atom. The highest BCUT2D eigenvalue weighted by Gasteiger charge is 2.11. The predicted molar refractivity (Wildman–Crippen MR) is 73.5 cm³/mol. The summed E-state index contributed by atoms with van der Waals surface area (Å²) < 4.78 is 4.80. The number of amides is 1. The van der Waals surface area contributed by atoms with Crippen LogP contribution in [0.2, 0.25) is 0 Å². The van der Waals surface area contributed by atoms with E-state index in [1.54, 1.807) is 0 Å². The monoisotopic (exact) mass is 304 g/mol. The summed E-state index contributed by atoms with van der Waals surface area (Å²) in [5.74, 6) is -0.939. The number of rotatable bonds is 5. The molecule has 0 atom stereocenters. The summed E-state index contributed by atoms with van der Waals surface area (Å²) >= 11 is 0. The lowest BCUT2D eigenvalue weighted by molar-refractivity contribution is -0.402. The first-order chi connectivity index (χ1) is 10.5. The van der Waals surface area contributed by atoms with Gasteiger partial charge in [-0.2, -0.15) is 5.10 Å². The van der Waals surface area contributed by atoms with E-state index in [0.717, 1.165) is 12.3 Å². The van der Waals surface area contributed by atoms with E-state index in [9.17, 15) is 25.0 Å². The molecule has 1 amide bonds. The Kier molecular flexibility index (Phi) is 4.22. The van der Waals surface area contributed by atoms with Crippen molar-refractivity contribution in [3.05, 3.63) is 68.0 Å². The fraction of sp³-hybridized carbons (Fsp3) is 0. The second kappa shape index (κ2) is 6.26. The van der Waals surface area contributed by atoms with E-state index in [4.69, 9.17) is 4.42 Å². The molecular weight excluding hydrogens is 296 g/mol. The van der Waals surface area contributed by atoms with Crippen LogP contribution in [0.4, 0.5) is 11.6 Å². The molecule has 1 heterocycles. The number of furan rings is 1. The van der Waals surface area contributed by atoms with Crippen molar-refractivity contribution >= 4 is 23.7 Å². The van der Waals surface area contributed by atoms with Crippen LogP contribution in [0.5, 0.6) is 0 Å². The number of benzene rings is 1. The van der Waals surface area contributed by atoms with Crippen molar-refractivity contribution in [3.63, 3.8) is 0 Å². The van der Waals surface area contributed by atoms with Crippen LogP contribution in [0.15, 0.2) is 45.9 Å². The van der Waals surface area contributed by atoms with E-state index in [1.807, 2.05) is 0 Å². The van der Waals surface area contributed by atoms with Crippen LogP contribution in [0, 0.1) is 20.2 Å². The zero-order valence-electron chi connectivity index (χ0n) is 10.8. The summed E-state index contributed by atoms with van der Waals surface area (Å²) in [7, 11) is 0. The lowest BCUT2D eigenvalue weighted by Crippen LogP contribution is -2.17. The van der Waals surface area contributed by atoms with Crippen LogP contribution >= 0.6 is 0 Å². The minimum atomic E-state index is -0.702. The molecule has 0 radical (unpaired) electrons. The van der Waals surface area contributed by atoms with Gasteiger partial charge in [-0.15, -0.1) is 0 Å². The molecule has 10 nitrogen and oxygen atoms in total. The van der Waals surface area contributed by atoms with Gasteiger partial charge in [-0.25, -0.2) is 5.43 Å². The first-order valence-corrected chi connectivity index (χ1v) is 5.79. The smallest absolute Gasteiger partial charge is 0.400 e. The van der Waals surface area contributed by atoms with Crippen molar-refractivity contribution in [2.24, 2.45) is 5.10 Å². The predicted octanol–water partition coefficient (Wildman–Crippen LogP) is 1.86. The Hall–Kier alpha value is -3.56. The largest absolute Gasteiger partial charge is 0.433 e. The third-order valence-corrected chi connectivity index (χ3v) is 2.49. The van der Waals surface area contributed by atoms with E-state index in [2.05, 4.69) is 10.5 Å². The van der Waals surface area contributed by atoms with Crippen molar-refractivity contribution in [1.29, 1.82) is 0 Å². The molecule has 10 heteroatoms. The van der Waals surface area contributed by atoms with Crippen LogP contribution in [0.25, 0.3) is 0 Å². The molecule has 22 heavy (non-hydrogen) atoms. The number of nitro groups is 2. The van der Waals surface area contributed by atoms with Crippen LogP contribution < -0.4 is 5.43 Å². The Balaban J connectivity index is 1.98. The maximum Gasteiger partial charge on any atom is 0.433 e. The third kappa shape index (κ3) is 3.50. The Morgan fingerprint density at radius 2 is 1.77 bits per heavy atom. The molecule has 0 saturated heterocycles. The molecule has 0 unspecified atom stereocenters. The fourth-order valence-electron chi connectivity index (χ4n) is 1.46. The molecule has 1 N–H and O–H groups in total. The maximum atomic E-state index is 11.7. The van der Waals surface area contributed by atoms with E-state index in [1.165, 1.54) is 30.3 Å². The number of nitrogens with one attached hydrogen (secondary N) is 1. The highest BCUT2D eigenvalue weighted by atomic mass is 16.6. The SMILES string of the molecule is O=C(NN=Cc1ccc([N+](=O)[O-])o1)c1ccc([N+](=O)[O-])cc1. The van der Waals surface area contributed by atoms with E-state index in [0.29, 0.717) is 0 Å². The molecule has 0 saturated carbocycles. The van der Waals surface area contributed by atoms with Gasteiger partial charge in [-0.3, -0.25) is 25.0 Å². The summed E-state index contributed by atoms with van der Waals surface area (Å²) in [4.78, 5) is 31.3. The van der Waals surface area contributed by atoms with Crippen molar-refractivity contribution in [2.75, 3.05) is 0 Å². The number of carbonyl (C=O) groups is 1. The molecule has 0 spiro atoms. The van der Waals surface area contributed by atoms with Gasteiger partial charge in [0.25, 0.3) is 11.6 Å². The summed E-state index contributed by atoms with van der Waals surface area (Å²) in [5.41, 5.74) is 2.20.